The van der Waals surface area contributed by atoms with Gasteiger partial charge in [0.2, 0.25) is 0 Å². The van der Waals surface area contributed by atoms with Crippen LogP contribution in [-0.2, 0) is 6.54 Å². The number of nitrogens with one attached hydrogen (secondary N) is 1. The first-order chi connectivity index (χ1) is 10.5. The van der Waals surface area contributed by atoms with E-state index in [1.54, 1.807) is 10.9 Å². The van der Waals surface area contributed by atoms with Crippen molar-refractivity contribution in [3.63, 3.8) is 0 Å². The van der Waals surface area contributed by atoms with E-state index < -0.39 is 11.2 Å². The van der Waals surface area contributed by atoms with E-state index in [1.807, 2.05) is 45.0 Å². The van der Waals surface area contributed by atoms with Crippen molar-refractivity contribution < 1.29 is 0 Å². The van der Waals surface area contributed by atoms with Gasteiger partial charge in [-0.2, -0.15) is 0 Å². The van der Waals surface area contributed by atoms with Crippen LogP contribution in [0.15, 0.2) is 40.2 Å². The highest BCUT2D eigenvalue weighted by atomic mass is 16.2. The maximum absolute atomic E-state index is 12.2. The van der Waals surface area contributed by atoms with Crippen LogP contribution in [0.5, 0.6) is 0 Å². The zero-order chi connectivity index (χ0) is 15.9. The predicted molar refractivity (Wildman–Crippen MR) is 85.3 cm³/mol. The summed E-state index contributed by atoms with van der Waals surface area (Å²) in [4.78, 5) is 30.8. The summed E-state index contributed by atoms with van der Waals surface area (Å²) >= 11 is 0. The lowest BCUT2D eigenvalue weighted by molar-refractivity contribution is 0.580. The third kappa shape index (κ3) is 2.36. The Labute approximate surface area is 127 Å². The molecule has 2 aromatic heterocycles. The fraction of sp³-hybridized carbons (Fsp3) is 0.312. The molecule has 3 aromatic rings. The molecule has 0 saturated heterocycles. The lowest BCUT2D eigenvalue weighted by atomic mass is 10.1. The van der Waals surface area contributed by atoms with Gasteiger partial charge in [-0.3, -0.25) is 14.3 Å². The molecule has 0 unspecified atom stereocenters. The maximum Gasteiger partial charge on any atom is 0.330 e. The van der Waals surface area contributed by atoms with Gasteiger partial charge in [-0.15, -0.1) is 0 Å². The Morgan fingerprint density at radius 1 is 1.18 bits per heavy atom. The number of fused-ring (bicyclic) bond motifs is 1. The first kappa shape index (κ1) is 14.3. The second-order valence-electron chi connectivity index (χ2n) is 5.75. The summed E-state index contributed by atoms with van der Waals surface area (Å²) in [5.41, 5.74) is 2.29. The largest absolute Gasteiger partial charge is 0.330 e. The molecule has 1 aromatic carbocycles. The molecule has 114 valence electrons. The molecule has 0 saturated carbocycles. The summed E-state index contributed by atoms with van der Waals surface area (Å²) in [5, 5.41) is 0. The third-order valence-corrected chi connectivity index (χ3v) is 3.69. The zero-order valence-electron chi connectivity index (χ0n) is 12.8. The number of hydrogen-bond acceptors (Lipinski definition) is 3. The van der Waals surface area contributed by atoms with Crippen molar-refractivity contribution in [1.82, 2.24) is 19.1 Å². The Morgan fingerprint density at radius 3 is 2.50 bits per heavy atom. The number of benzene rings is 1. The molecule has 2 heterocycles. The van der Waals surface area contributed by atoms with Gasteiger partial charge in [-0.05, 0) is 26.3 Å². The molecule has 1 N–H and O–H groups in total. The number of aryl methyl sites for hydroxylation is 1. The van der Waals surface area contributed by atoms with Gasteiger partial charge in [0.15, 0.2) is 11.2 Å². The lowest BCUT2D eigenvalue weighted by Crippen LogP contribution is -2.32. The number of hydrogen-bond donors (Lipinski definition) is 1. The first-order valence-corrected chi connectivity index (χ1v) is 7.22. The van der Waals surface area contributed by atoms with Crippen LogP contribution in [0.4, 0.5) is 0 Å². The van der Waals surface area contributed by atoms with E-state index in [0.29, 0.717) is 17.7 Å². The van der Waals surface area contributed by atoms with Crippen molar-refractivity contribution in [2.45, 2.75) is 33.4 Å². The Kier molecular flexibility index (Phi) is 3.44. The van der Waals surface area contributed by atoms with E-state index in [1.165, 1.54) is 10.1 Å². The summed E-state index contributed by atoms with van der Waals surface area (Å²) < 4.78 is 3.28. The van der Waals surface area contributed by atoms with Crippen LogP contribution in [0.1, 0.15) is 31.0 Å². The number of aromatic nitrogens is 4. The van der Waals surface area contributed by atoms with Crippen LogP contribution in [0.25, 0.3) is 11.2 Å². The fourth-order valence-electron chi connectivity index (χ4n) is 2.58. The normalized spacial score (nSPS) is 11.5. The van der Waals surface area contributed by atoms with Gasteiger partial charge in [0, 0.05) is 12.6 Å². The number of rotatable bonds is 3. The fourth-order valence-corrected chi connectivity index (χ4v) is 2.58. The average Bonchev–Trinajstić information content (AvgIpc) is 2.85. The van der Waals surface area contributed by atoms with Crippen LogP contribution in [0.3, 0.4) is 0 Å². The molecule has 0 fully saturated rings. The molecular weight excluding hydrogens is 280 g/mol. The highest BCUT2D eigenvalue weighted by molar-refractivity contribution is 5.70. The molecule has 0 bridgehead atoms. The second kappa shape index (κ2) is 5.29. The van der Waals surface area contributed by atoms with Gasteiger partial charge >= 0.3 is 5.69 Å². The van der Waals surface area contributed by atoms with Gasteiger partial charge in [-0.25, -0.2) is 9.78 Å². The number of nitrogens with zero attached hydrogens (tertiary/aromatic N) is 3. The molecule has 0 atom stereocenters. The molecule has 6 heteroatoms. The highest BCUT2D eigenvalue weighted by Crippen LogP contribution is 2.13. The van der Waals surface area contributed by atoms with E-state index >= 15 is 0 Å². The second-order valence-corrected chi connectivity index (χ2v) is 5.75. The molecule has 0 aliphatic carbocycles. The van der Waals surface area contributed by atoms with Gasteiger partial charge in [-0.1, -0.05) is 29.8 Å². The van der Waals surface area contributed by atoms with E-state index in [2.05, 4.69) is 9.97 Å². The summed E-state index contributed by atoms with van der Waals surface area (Å²) in [6.45, 7) is 6.34. The first-order valence-electron chi connectivity index (χ1n) is 7.22. The van der Waals surface area contributed by atoms with Crippen molar-refractivity contribution >= 4 is 11.2 Å². The average molecular weight is 298 g/mol. The van der Waals surface area contributed by atoms with E-state index in [9.17, 15) is 9.59 Å². The quantitative estimate of drug-likeness (QED) is 0.801. The van der Waals surface area contributed by atoms with Crippen molar-refractivity contribution in [2.24, 2.45) is 0 Å². The summed E-state index contributed by atoms with van der Waals surface area (Å²) in [6.07, 6.45) is 1.61. The highest BCUT2D eigenvalue weighted by Gasteiger charge is 2.15. The Bertz CT molecular complexity index is 929. The molecule has 0 aliphatic heterocycles. The third-order valence-electron chi connectivity index (χ3n) is 3.69. The van der Waals surface area contributed by atoms with Crippen LogP contribution in [0, 0.1) is 6.92 Å². The Morgan fingerprint density at radius 2 is 1.86 bits per heavy atom. The van der Waals surface area contributed by atoms with E-state index in [-0.39, 0.29) is 6.04 Å². The van der Waals surface area contributed by atoms with Gasteiger partial charge < -0.3 is 4.57 Å². The minimum atomic E-state index is -0.423. The molecule has 6 nitrogen and oxygen atoms in total. The minimum absolute atomic E-state index is 0.0745. The number of aromatic amines is 1. The predicted octanol–water partition coefficient (Wildman–Crippen LogP) is 1.82. The standard InChI is InChI=1S/C16H18N4O2/c1-10(2)20-14-13(15(21)18-16(20)22)19(9-17-14)8-12-6-4-11(3)5-7-12/h4-7,9-10H,8H2,1-3H3,(H,18,21,22). The number of imidazole rings is 1. The maximum atomic E-state index is 12.2. The summed E-state index contributed by atoms with van der Waals surface area (Å²) in [5.74, 6) is 0. The molecule has 0 aliphatic rings. The molecule has 3 rings (SSSR count). The minimum Gasteiger partial charge on any atom is -0.320 e. The van der Waals surface area contributed by atoms with Crippen molar-refractivity contribution in [1.29, 1.82) is 0 Å². The van der Waals surface area contributed by atoms with Gasteiger partial charge in [0.05, 0.1) is 6.33 Å². The zero-order valence-corrected chi connectivity index (χ0v) is 12.8. The monoisotopic (exact) mass is 298 g/mol. The molecule has 0 amide bonds. The van der Waals surface area contributed by atoms with Crippen molar-refractivity contribution in [3.8, 4) is 0 Å². The number of H-pyrrole nitrogens is 1. The Hall–Kier alpha value is -2.63. The van der Waals surface area contributed by atoms with Crippen LogP contribution in [0.2, 0.25) is 0 Å². The van der Waals surface area contributed by atoms with Crippen molar-refractivity contribution in [3.05, 3.63) is 62.6 Å². The molecular formula is C16H18N4O2. The molecule has 0 radical (unpaired) electrons. The van der Waals surface area contributed by atoms with E-state index in [4.69, 9.17) is 0 Å². The lowest BCUT2D eigenvalue weighted by Gasteiger charge is -2.10. The van der Waals surface area contributed by atoms with Crippen LogP contribution < -0.4 is 11.2 Å². The van der Waals surface area contributed by atoms with Crippen LogP contribution in [-0.4, -0.2) is 19.1 Å². The molecule has 0 spiro atoms. The molecule has 22 heavy (non-hydrogen) atoms. The topological polar surface area (TPSA) is 72.7 Å². The van der Waals surface area contributed by atoms with Crippen molar-refractivity contribution in [2.75, 3.05) is 0 Å². The van der Waals surface area contributed by atoms with Crippen LogP contribution >= 0.6 is 0 Å². The van der Waals surface area contributed by atoms with E-state index in [0.717, 1.165) is 5.56 Å². The summed E-state index contributed by atoms with van der Waals surface area (Å²) in [7, 11) is 0. The SMILES string of the molecule is Cc1ccc(Cn2cnc3c2c(=O)[nH]c(=O)n3C(C)C)cc1. The smallest absolute Gasteiger partial charge is 0.320 e. The van der Waals surface area contributed by atoms with Gasteiger partial charge in [0.1, 0.15) is 0 Å². The Balaban J connectivity index is 2.16. The summed E-state index contributed by atoms with van der Waals surface area (Å²) in [6, 6.07) is 8.03. The van der Waals surface area contributed by atoms with Gasteiger partial charge in [0.25, 0.3) is 5.56 Å².